The summed E-state index contributed by atoms with van der Waals surface area (Å²) in [6.07, 6.45) is 17.5. The number of hydrogen-bond donors (Lipinski definition) is 2. The number of pyridine rings is 1. The van der Waals surface area contributed by atoms with Crippen molar-refractivity contribution in [1.82, 2.24) is 10.3 Å². The minimum atomic E-state index is 0.640. The Balaban J connectivity index is 1.68. The van der Waals surface area contributed by atoms with Crippen LogP contribution in [-0.4, -0.2) is 10.9 Å². The van der Waals surface area contributed by atoms with E-state index in [2.05, 4.69) is 20.6 Å². The third-order valence-electron chi connectivity index (χ3n) is 2.72. The van der Waals surface area contributed by atoms with Crippen molar-refractivity contribution >= 4 is 11.8 Å². The average Bonchev–Trinajstić information content (AvgIpc) is 3.13. The predicted octanol–water partition coefficient (Wildman–Crippen LogP) is 2.16. The summed E-state index contributed by atoms with van der Waals surface area (Å²) in [7, 11) is 0. The normalized spacial score (nSPS) is 21.3. The number of aliphatic imine (C=N–C) groups is 1. The van der Waals surface area contributed by atoms with Crippen LogP contribution >= 0.6 is 0 Å². The second kappa shape index (κ2) is 6.73. The number of hydrogen-bond acceptors (Lipinski definition) is 2. The molecule has 1 aromatic heterocycles. The zero-order valence-electron chi connectivity index (χ0n) is 10.8. The monoisotopic (exact) mass is 262 g/mol. The molecule has 1 heterocycles. The zero-order chi connectivity index (χ0) is 13.6. The van der Waals surface area contributed by atoms with Gasteiger partial charge in [0.1, 0.15) is 5.82 Å². The Morgan fingerprint density at radius 2 is 1.65 bits per heavy atom. The molecule has 0 spiro atoms. The van der Waals surface area contributed by atoms with Crippen LogP contribution in [0.3, 0.4) is 0 Å². The molecule has 0 atom stereocenters. The standard InChI is InChI=1S/C16H14N4/c1-2-8-13(7-1)18-16(19-14-9-3-4-10-14)20-15-11-5-6-12-17-15/h1-12H,(H2,17,18,19,20). The maximum absolute atomic E-state index is 4.54. The van der Waals surface area contributed by atoms with Gasteiger partial charge in [-0.1, -0.05) is 6.07 Å². The molecule has 3 rings (SSSR count). The molecule has 2 aliphatic carbocycles. The predicted molar refractivity (Wildman–Crippen MR) is 79.3 cm³/mol. The Labute approximate surface area is 121 Å². The van der Waals surface area contributed by atoms with Gasteiger partial charge in [0.2, 0.25) is 0 Å². The molecule has 10 radical (unpaired) electrons. The van der Waals surface area contributed by atoms with E-state index in [1.165, 1.54) is 0 Å². The molecule has 98 valence electrons. The van der Waals surface area contributed by atoms with E-state index in [9.17, 15) is 0 Å². The summed E-state index contributed by atoms with van der Waals surface area (Å²) in [5.41, 5.74) is 0. The molecule has 0 unspecified atom stereocenters. The van der Waals surface area contributed by atoms with Gasteiger partial charge in [0.15, 0.2) is 5.96 Å². The highest BCUT2D eigenvalue weighted by molar-refractivity contribution is 5.95. The molecule has 0 aromatic carbocycles. The van der Waals surface area contributed by atoms with Crippen molar-refractivity contribution in [1.29, 1.82) is 0 Å². The first kappa shape index (κ1) is 13.4. The molecule has 0 amide bonds. The van der Waals surface area contributed by atoms with Crippen LogP contribution in [0.15, 0.2) is 29.4 Å². The average molecular weight is 262 g/mol. The number of guanidine groups is 1. The number of anilines is 1. The lowest BCUT2D eigenvalue weighted by molar-refractivity contribution is 0.982. The third kappa shape index (κ3) is 3.71. The van der Waals surface area contributed by atoms with Crippen LogP contribution in [0.5, 0.6) is 0 Å². The number of nitrogens with one attached hydrogen (secondary N) is 2. The van der Waals surface area contributed by atoms with E-state index < -0.39 is 0 Å². The van der Waals surface area contributed by atoms with Crippen molar-refractivity contribution in [2.45, 2.75) is 0 Å². The van der Waals surface area contributed by atoms with Crippen molar-refractivity contribution in [2.75, 3.05) is 5.32 Å². The van der Waals surface area contributed by atoms with Crippen LogP contribution < -0.4 is 10.6 Å². The molecule has 0 saturated heterocycles. The molecule has 20 heavy (non-hydrogen) atoms. The number of aromatic nitrogens is 1. The first-order valence-corrected chi connectivity index (χ1v) is 6.37. The quantitative estimate of drug-likeness (QED) is 0.648. The second-order valence-electron chi connectivity index (χ2n) is 4.24. The van der Waals surface area contributed by atoms with E-state index in [4.69, 9.17) is 0 Å². The molecule has 2 saturated carbocycles. The SMILES string of the molecule is [CH]1[CH][CH][C](N=C(N[C]2[CH][CH][CH][CH]2)Nc2ccccn2)[CH]1. The van der Waals surface area contributed by atoms with E-state index in [0.29, 0.717) is 5.96 Å². The summed E-state index contributed by atoms with van der Waals surface area (Å²) in [6.45, 7) is 0. The minimum absolute atomic E-state index is 0.640. The number of rotatable bonds is 3. The molecule has 1 aromatic rings. The molecule has 0 aliphatic heterocycles. The van der Waals surface area contributed by atoms with Crippen LogP contribution in [0, 0.1) is 63.5 Å². The van der Waals surface area contributed by atoms with E-state index in [1.54, 1.807) is 6.20 Å². The van der Waals surface area contributed by atoms with E-state index in [0.717, 1.165) is 17.9 Å². The van der Waals surface area contributed by atoms with Crippen molar-refractivity contribution in [2.24, 2.45) is 4.99 Å². The van der Waals surface area contributed by atoms with Gasteiger partial charge >= 0.3 is 0 Å². The lowest BCUT2D eigenvalue weighted by atomic mass is 10.2. The summed E-state index contributed by atoms with van der Waals surface area (Å²) < 4.78 is 0. The molecule has 0 bridgehead atoms. The summed E-state index contributed by atoms with van der Waals surface area (Å²) in [5.74, 6) is 1.39. The smallest absolute Gasteiger partial charge is 0.198 e. The summed E-state index contributed by atoms with van der Waals surface area (Å²) >= 11 is 0. The van der Waals surface area contributed by atoms with Crippen LogP contribution in [0.4, 0.5) is 5.82 Å². The van der Waals surface area contributed by atoms with Gasteiger partial charge in [0.25, 0.3) is 0 Å². The molecule has 2 N–H and O–H groups in total. The van der Waals surface area contributed by atoms with E-state index >= 15 is 0 Å². The molecule has 4 nitrogen and oxygen atoms in total. The van der Waals surface area contributed by atoms with Gasteiger partial charge in [-0.2, -0.15) is 0 Å². The Hall–Kier alpha value is -1.58. The van der Waals surface area contributed by atoms with Crippen LogP contribution in [0.1, 0.15) is 0 Å². The maximum Gasteiger partial charge on any atom is 0.198 e. The Kier molecular flexibility index (Phi) is 4.51. The van der Waals surface area contributed by atoms with Crippen molar-refractivity contribution < 1.29 is 0 Å². The van der Waals surface area contributed by atoms with Crippen molar-refractivity contribution in [3.63, 3.8) is 0 Å². The summed E-state index contributed by atoms with van der Waals surface area (Å²) in [4.78, 5) is 8.79. The highest BCUT2D eigenvalue weighted by atomic mass is 15.2. The lowest BCUT2D eigenvalue weighted by Crippen LogP contribution is -2.34. The first-order valence-electron chi connectivity index (χ1n) is 6.37. The van der Waals surface area contributed by atoms with Gasteiger partial charge in [-0.3, -0.25) is 0 Å². The van der Waals surface area contributed by atoms with Gasteiger partial charge in [-0.15, -0.1) is 0 Å². The zero-order valence-corrected chi connectivity index (χ0v) is 10.8. The molecule has 2 aliphatic rings. The lowest BCUT2D eigenvalue weighted by Gasteiger charge is -2.17. The topological polar surface area (TPSA) is 49.3 Å². The van der Waals surface area contributed by atoms with E-state index in [-0.39, 0.29) is 0 Å². The Morgan fingerprint density at radius 1 is 0.900 bits per heavy atom. The number of nitrogens with zero attached hydrogens (tertiary/aromatic N) is 2. The van der Waals surface area contributed by atoms with Gasteiger partial charge < -0.3 is 10.6 Å². The highest BCUT2D eigenvalue weighted by Crippen LogP contribution is 2.25. The summed E-state index contributed by atoms with van der Waals surface area (Å²) in [5, 5.41) is 6.43. The van der Waals surface area contributed by atoms with Crippen LogP contribution in [-0.2, 0) is 0 Å². The molecule has 2 fully saturated rings. The molecular formula is C16H14N4. The van der Waals surface area contributed by atoms with Crippen LogP contribution in [0.2, 0.25) is 0 Å². The Bertz CT molecular complexity index is 431. The molecule has 4 heteroatoms. The molecular weight excluding hydrogens is 248 g/mol. The first-order chi connectivity index (χ1) is 9.90. The van der Waals surface area contributed by atoms with Gasteiger partial charge in [-0.25, -0.2) is 9.98 Å². The van der Waals surface area contributed by atoms with Crippen molar-refractivity contribution in [3.05, 3.63) is 87.8 Å². The third-order valence-corrected chi connectivity index (χ3v) is 2.72. The summed E-state index contributed by atoms with van der Waals surface area (Å²) in [6, 6.07) is 7.58. The van der Waals surface area contributed by atoms with Crippen molar-refractivity contribution in [3.8, 4) is 0 Å². The maximum atomic E-state index is 4.54. The minimum Gasteiger partial charge on any atom is -0.348 e. The van der Waals surface area contributed by atoms with Gasteiger partial charge in [0.05, 0.1) is 12.1 Å². The highest BCUT2D eigenvalue weighted by Gasteiger charge is 2.21. The fourth-order valence-electron chi connectivity index (χ4n) is 1.81. The Morgan fingerprint density at radius 3 is 2.35 bits per heavy atom. The van der Waals surface area contributed by atoms with Gasteiger partial charge in [0, 0.05) is 6.20 Å². The van der Waals surface area contributed by atoms with E-state index in [1.807, 2.05) is 69.6 Å². The second-order valence-corrected chi connectivity index (χ2v) is 4.24. The largest absolute Gasteiger partial charge is 0.348 e. The fourth-order valence-corrected chi connectivity index (χ4v) is 1.81. The fraction of sp³-hybridized carbons (Fsp3) is 0. The van der Waals surface area contributed by atoms with Crippen LogP contribution in [0.25, 0.3) is 0 Å². The van der Waals surface area contributed by atoms with Gasteiger partial charge in [-0.05, 0) is 63.5 Å².